The van der Waals surface area contributed by atoms with Gasteiger partial charge < -0.3 is 13.3 Å². The van der Waals surface area contributed by atoms with Crippen molar-refractivity contribution in [2.45, 2.75) is 18.9 Å². The van der Waals surface area contributed by atoms with E-state index in [0.717, 1.165) is 24.6 Å². The Bertz CT molecular complexity index is 254. The molecule has 0 saturated heterocycles. The Balaban J connectivity index is 2.34. The zero-order chi connectivity index (χ0) is 11.1. The first-order valence-electron chi connectivity index (χ1n) is 4.90. The quantitative estimate of drug-likeness (QED) is 0.716. The fourth-order valence-corrected chi connectivity index (χ4v) is 3.20. The second-order valence-electron chi connectivity index (χ2n) is 3.23. The van der Waals surface area contributed by atoms with E-state index >= 15 is 0 Å². The van der Waals surface area contributed by atoms with Crippen LogP contribution in [0.1, 0.15) is 12.1 Å². The first-order valence-corrected chi connectivity index (χ1v) is 6.83. The van der Waals surface area contributed by atoms with Crippen molar-refractivity contribution in [2.24, 2.45) is 0 Å². The number of rotatable bonds is 7. The summed E-state index contributed by atoms with van der Waals surface area (Å²) in [4.78, 5) is 0. The highest BCUT2D eigenvalue weighted by molar-refractivity contribution is 6.60. The molecule has 0 atom stereocenters. The fraction of sp³-hybridized carbons (Fsp3) is 0.667. The van der Waals surface area contributed by atoms with E-state index in [1.807, 2.05) is 6.07 Å². The van der Waals surface area contributed by atoms with Crippen molar-refractivity contribution in [1.29, 1.82) is 0 Å². The Labute approximate surface area is 91.1 Å². The fourth-order valence-electron chi connectivity index (χ4n) is 1.48. The molecule has 5 nitrogen and oxygen atoms in total. The number of aryl methyl sites for hydroxylation is 1. The molecule has 0 amide bonds. The molecule has 0 aromatic carbocycles. The average Bonchev–Trinajstić information content (AvgIpc) is 2.78. The van der Waals surface area contributed by atoms with Crippen LogP contribution in [0.3, 0.4) is 0 Å². The van der Waals surface area contributed by atoms with Gasteiger partial charge in [-0.05, 0) is 18.9 Å². The Morgan fingerprint density at radius 3 is 2.40 bits per heavy atom. The van der Waals surface area contributed by atoms with Gasteiger partial charge in [0.1, 0.15) is 0 Å². The van der Waals surface area contributed by atoms with Crippen molar-refractivity contribution >= 4 is 8.80 Å². The third kappa shape index (κ3) is 3.42. The highest BCUT2D eigenvalue weighted by Crippen LogP contribution is 2.16. The molecule has 0 radical (unpaired) electrons. The van der Waals surface area contributed by atoms with Gasteiger partial charge in [-0.15, -0.1) is 0 Å². The molecule has 0 bridgehead atoms. The Morgan fingerprint density at radius 2 is 1.93 bits per heavy atom. The van der Waals surface area contributed by atoms with Crippen LogP contribution in [0.4, 0.5) is 0 Å². The van der Waals surface area contributed by atoms with Gasteiger partial charge in [-0.2, -0.15) is 5.10 Å². The molecule has 15 heavy (non-hydrogen) atoms. The van der Waals surface area contributed by atoms with E-state index in [2.05, 4.69) is 10.2 Å². The first-order chi connectivity index (χ1) is 7.26. The lowest BCUT2D eigenvalue weighted by Gasteiger charge is -2.23. The smallest absolute Gasteiger partial charge is 0.377 e. The second kappa shape index (κ2) is 6.01. The van der Waals surface area contributed by atoms with E-state index < -0.39 is 8.80 Å². The first kappa shape index (κ1) is 12.4. The minimum absolute atomic E-state index is 0.815. The molecule has 0 aliphatic heterocycles. The molecule has 0 saturated carbocycles. The van der Waals surface area contributed by atoms with Gasteiger partial charge in [-0.3, -0.25) is 5.10 Å². The van der Waals surface area contributed by atoms with Gasteiger partial charge in [0.2, 0.25) is 0 Å². The molecular weight excluding hydrogens is 212 g/mol. The largest absolute Gasteiger partial charge is 0.500 e. The maximum Gasteiger partial charge on any atom is 0.500 e. The average molecular weight is 230 g/mol. The molecule has 0 aliphatic rings. The predicted molar refractivity (Wildman–Crippen MR) is 58.5 cm³/mol. The van der Waals surface area contributed by atoms with Crippen molar-refractivity contribution in [3.63, 3.8) is 0 Å². The van der Waals surface area contributed by atoms with Crippen LogP contribution < -0.4 is 0 Å². The second-order valence-corrected chi connectivity index (χ2v) is 6.32. The zero-order valence-electron chi connectivity index (χ0n) is 9.45. The van der Waals surface area contributed by atoms with Crippen LogP contribution in [0.5, 0.6) is 0 Å². The highest BCUT2D eigenvalue weighted by Gasteiger charge is 2.36. The summed E-state index contributed by atoms with van der Waals surface area (Å²) in [5.41, 5.74) is 1.13. The maximum absolute atomic E-state index is 5.32. The third-order valence-corrected chi connectivity index (χ3v) is 5.25. The minimum atomic E-state index is -2.39. The Kier molecular flexibility index (Phi) is 4.96. The monoisotopic (exact) mass is 230 g/mol. The molecule has 6 heteroatoms. The molecule has 1 N–H and O–H groups in total. The zero-order valence-corrected chi connectivity index (χ0v) is 10.4. The van der Waals surface area contributed by atoms with Crippen molar-refractivity contribution in [3.8, 4) is 0 Å². The van der Waals surface area contributed by atoms with Crippen molar-refractivity contribution < 1.29 is 13.3 Å². The van der Waals surface area contributed by atoms with Crippen LogP contribution in [-0.4, -0.2) is 40.3 Å². The van der Waals surface area contributed by atoms with E-state index in [1.54, 1.807) is 27.5 Å². The molecule has 0 aliphatic carbocycles. The molecule has 1 aromatic rings. The van der Waals surface area contributed by atoms with E-state index in [-0.39, 0.29) is 0 Å². The Hall–Kier alpha value is -0.693. The van der Waals surface area contributed by atoms with E-state index in [1.165, 1.54) is 0 Å². The van der Waals surface area contributed by atoms with Gasteiger partial charge in [0, 0.05) is 39.3 Å². The van der Waals surface area contributed by atoms with Gasteiger partial charge in [-0.1, -0.05) is 0 Å². The van der Waals surface area contributed by atoms with Crippen molar-refractivity contribution in [3.05, 3.63) is 18.0 Å². The summed E-state index contributed by atoms with van der Waals surface area (Å²) in [6.07, 6.45) is 3.65. The summed E-state index contributed by atoms with van der Waals surface area (Å²) in [6.45, 7) is 0. The molecule has 86 valence electrons. The SMILES string of the molecule is CO[Si](CCCc1ccn[nH]1)(OC)OC. The van der Waals surface area contributed by atoms with Crippen LogP contribution in [0.15, 0.2) is 12.3 Å². The number of hydrogen-bond acceptors (Lipinski definition) is 4. The third-order valence-electron chi connectivity index (χ3n) is 2.42. The summed E-state index contributed by atoms with van der Waals surface area (Å²) in [5, 5.41) is 6.81. The maximum atomic E-state index is 5.32. The topological polar surface area (TPSA) is 56.4 Å². The van der Waals surface area contributed by atoms with E-state index in [0.29, 0.717) is 0 Å². The van der Waals surface area contributed by atoms with Gasteiger partial charge >= 0.3 is 8.80 Å². The Morgan fingerprint density at radius 1 is 1.27 bits per heavy atom. The molecule has 0 fully saturated rings. The lowest BCUT2D eigenvalue weighted by molar-refractivity contribution is 0.123. The summed E-state index contributed by atoms with van der Waals surface area (Å²) in [6, 6.07) is 2.78. The number of aromatic amines is 1. The number of H-pyrrole nitrogens is 1. The van der Waals surface area contributed by atoms with Crippen molar-refractivity contribution in [1.82, 2.24) is 10.2 Å². The molecule has 1 rings (SSSR count). The van der Waals surface area contributed by atoms with E-state index in [4.69, 9.17) is 13.3 Å². The molecule has 0 spiro atoms. The van der Waals surface area contributed by atoms with Gasteiger partial charge in [0.05, 0.1) is 0 Å². The number of aromatic nitrogens is 2. The van der Waals surface area contributed by atoms with Crippen LogP contribution in [0.2, 0.25) is 6.04 Å². The van der Waals surface area contributed by atoms with Crippen molar-refractivity contribution in [2.75, 3.05) is 21.3 Å². The van der Waals surface area contributed by atoms with E-state index in [9.17, 15) is 0 Å². The van der Waals surface area contributed by atoms with Gasteiger partial charge in [0.25, 0.3) is 0 Å². The highest BCUT2D eigenvalue weighted by atomic mass is 28.4. The lowest BCUT2D eigenvalue weighted by atomic mass is 10.3. The van der Waals surface area contributed by atoms with Crippen LogP contribution in [-0.2, 0) is 19.7 Å². The predicted octanol–water partition coefficient (Wildman–Crippen LogP) is 1.22. The van der Waals surface area contributed by atoms with Crippen LogP contribution in [0.25, 0.3) is 0 Å². The summed E-state index contributed by atoms with van der Waals surface area (Å²) < 4.78 is 16.0. The van der Waals surface area contributed by atoms with Gasteiger partial charge in [0.15, 0.2) is 0 Å². The lowest BCUT2D eigenvalue weighted by Crippen LogP contribution is -2.42. The standard InChI is InChI=1S/C9H18N2O3Si/c1-12-15(13-2,14-3)8-4-5-9-6-7-10-11-9/h6-7H,4-5,8H2,1-3H3,(H,10,11). The summed E-state index contributed by atoms with van der Waals surface area (Å²) in [5.74, 6) is 0. The number of nitrogens with zero attached hydrogens (tertiary/aromatic N) is 1. The molecule has 1 aromatic heterocycles. The summed E-state index contributed by atoms with van der Waals surface area (Å²) >= 11 is 0. The van der Waals surface area contributed by atoms with Crippen LogP contribution in [0, 0.1) is 0 Å². The minimum Gasteiger partial charge on any atom is -0.377 e. The molecule has 1 heterocycles. The van der Waals surface area contributed by atoms with Gasteiger partial charge in [-0.25, -0.2) is 0 Å². The summed E-state index contributed by atoms with van der Waals surface area (Å²) in [7, 11) is 2.52. The normalized spacial score (nSPS) is 11.9. The number of nitrogens with one attached hydrogen (secondary N) is 1. The number of hydrogen-bond donors (Lipinski definition) is 1. The molecular formula is C9H18N2O3Si. The van der Waals surface area contributed by atoms with Crippen LogP contribution >= 0.6 is 0 Å². The molecule has 0 unspecified atom stereocenters.